The SMILES string of the molecule is C[C@@H](CCC(=O)NC1CCCc2cc(CN3CCCCC3)ccc21)S(=O)(=O)c1ccc2ccccc2c1. The molecule has 1 aliphatic carbocycles. The molecule has 1 fully saturated rings. The van der Waals surface area contributed by atoms with Crippen molar-refractivity contribution in [2.45, 2.75) is 81.0 Å². The molecule has 0 aromatic heterocycles. The molecule has 1 N–H and O–H groups in total. The molecule has 0 radical (unpaired) electrons. The highest BCUT2D eigenvalue weighted by atomic mass is 32.2. The van der Waals surface area contributed by atoms with Gasteiger partial charge < -0.3 is 5.32 Å². The monoisotopic (exact) mass is 518 g/mol. The lowest BCUT2D eigenvalue weighted by Crippen LogP contribution is -2.32. The number of piperidine rings is 1. The van der Waals surface area contributed by atoms with Crippen LogP contribution in [0, 0.1) is 0 Å². The molecule has 5 rings (SSSR count). The minimum Gasteiger partial charge on any atom is -0.349 e. The number of carbonyl (C=O) groups is 1. The largest absolute Gasteiger partial charge is 0.349 e. The maximum atomic E-state index is 13.2. The van der Waals surface area contributed by atoms with E-state index < -0.39 is 15.1 Å². The highest BCUT2D eigenvalue weighted by Crippen LogP contribution is 2.31. The molecule has 2 atom stereocenters. The predicted octanol–water partition coefficient (Wildman–Crippen LogP) is 5.96. The second-order valence-electron chi connectivity index (χ2n) is 10.8. The third-order valence-electron chi connectivity index (χ3n) is 8.07. The van der Waals surface area contributed by atoms with Crippen molar-refractivity contribution in [3.8, 4) is 0 Å². The van der Waals surface area contributed by atoms with E-state index in [0.717, 1.165) is 36.6 Å². The van der Waals surface area contributed by atoms with Crippen molar-refractivity contribution >= 4 is 26.5 Å². The number of hydrogen-bond donors (Lipinski definition) is 1. The van der Waals surface area contributed by atoms with Gasteiger partial charge in [0.2, 0.25) is 5.91 Å². The summed E-state index contributed by atoms with van der Waals surface area (Å²) in [5.74, 6) is -0.0733. The van der Waals surface area contributed by atoms with E-state index in [9.17, 15) is 13.2 Å². The summed E-state index contributed by atoms with van der Waals surface area (Å²) in [4.78, 5) is 15.7. The van der Waals surface area contributed by atoms with Gasteiger partial charge in [-0.25, -0.2) is 8.42 Å². The molecular formula is C31H38N2O3S. The van der Waals surface area contributed by atoms with Crippen LogP contribution in [0.15, 0.2) is 65.6 Å². The van der Waals surface area contributed by atoms with Crippen molar-refractivity contribution in [1.29, 1.82) is 0 Å². The van der Waals surface area contributed by atoms with Crippen LogP contribution >= 0.6 is 0 Å². The first kappa shape index (κ1) is 25.9. The van der Waals surface area contributed by atoms with Crippen LogP contribution in [-0.4, -0.2) is 37.6 Å². The molecule has 3 aromatic rings. The van der Waals surface area contributed by atoms with Gasteiger partial charge in [0.05, 0.1) is 16.2 Å². The zero-order chi connectivity index (χ0) is 25.8. The highest BCUT2D eigenvalue weighted by molar-refractivity contribution is 7.92. The molecule has 1 saturated heterocycles. The predicted molar refractivity (Wildman–Crippen MR) is 149 cm³/mol. The van der Waals surface area contributed by atoms with Crippen molar-refractivity contribution in [2.75, 3.05) is 13.1 Å². The zero-order valence-electron chi connectivity index (χ0n) is 21.8. The topological polar surface area (TPSA) is 66.5 Å². The average Bonchev–Trinajstić information content (AvgIpc) is 2.92. The quantitative estimate of drug-likeness (QED) is 0.399. The summed E-state index contributed by atoms with van der Waals surface area (Å²) in [5, 5.41) is 4.49. The minimum absolute atomic E-state index is 0.00712. The molecule has 0 spiro atoms. The summed E-state index contributed by atoms with van der Waals surface area (Å²) in [5.41, 5.74) is 3.93. The number of nitrogens with one attached hydrogen (secondary N) is 1. The number of carbonyl (C=O) groups excluding carboxylic acids is 1. The molecule has 5 nitrogen and oxygen atoms in total. The number of sulfone groups is 1. The van der Waals surface area contributed by atoms with Gasteiger partial charge in [-0.05, 0) is 98.1 Å². The zero-order valence-corrected chi connectivity index (χ0v) is 22.6. The third-order valence-corrected chi connectivity index (χ3v) is 10.3. The fourth-order valence-corrected chi connectivity index (χ4v) is 7.27. The van der Waals surface area contributed by atoms with Gasteiger partial charge in [0.1, 0.15) is 0 Å². The Morgan fingerprint density at radius 3 is 2.57 bits per heavy atom. The van der Waals surface area contributed by atoms with Crippen molar-refractivity contribution in [3.05, 3.63) is 77.4 Å². The van der Waals surface area contributed by atoms with E-state index >= 15 is 0 Å². The summed E-state index contributed by atoms with van der Waals surface area (Å²) < 4.78 is 26.4. The molecule has 0 saturated carbocycles. The molecule has 1 amide bonds. The number of nitrogens with zero attached hydrogens (tertiary/aromatic N) is 1. The van der Waals surface area contributed by atoms with Gasteiger partial charge in [-0.3, -0.25) is 9.69 Å². The van der Waals surface area contributed by atoms with Gasteiger partial charge in [0.15, 0.2) is 9.84 Å². The Kier molecular flexibility index (Phi) is 7.96. The number of likely N-dealkylation sites (tertiary alicyclic amines) is 1. The number of aryl methyl sites for hydroxylation is 1. The van der Waals surface area contributed by atoms with Crippen molar-refractivity contribution in [3.63, 3.8) is 0 Å². The number of amides is 1. The van der Waals surface area contributed by atoms with Gasteiger partial charge in [-0.1, -0.05) is 55.0 Å². The fraction of sp³-hybridized carbons (Fsp3) is 0.452. The molecule has 196 valence electrons. The lowest BCUT2D eigenvalue weighted by atomic mass is 9.86. The smallest absolute Gasteiger partial charge is 0.220 e. The summed E-state index contributed by atoms with van der Waals surface area (Å²) in [6.45, 7) is 5.08. The van der Waals surface area contributed by atoms with E-state index in [1.165, 1.54) is 49.0 Å². The van der Waals surface area contributed by atoms with E-state index in [1.807, 2.05) is 30.3 Å². The van der Waals surface area contributed by atoms with Crippen molar-refractivity contribution in [2.24, 2.45) is 0 Å². The van der Waals surface area contributed by atoms with Crippen LogP contribution in [-0.2, 0) is 27.6 Å². The van der Waals surface area contributed by atoms with E-state index in [2.05, 4.69) is 28.4 Å². The Balaban J connectivity index is 1.18. The van der Waals surface area contributed by atoms with Gasteiger partial charge in [0, 0.05) is 13.0 Å². The van der Waals surface area contributed by atoms with Crippen LogP contribution in [0.2, 0.25) is 0 Å². The highest BCUT2D eigenvalue weighted by Gasteiger charge is 2.26. The summed E-state index contributed by atoms with van der Waals surface area (Å²) in [6.07, 6.45) is 7.46. The standard InChI is InChI=1S/C31H38N2O3S/c1-23(37(35,36)28-15-14-25-8-3-4-9-26(25)21-28)12-17-31(34)32-30-11-7-10-27-20-24(13-16-29(27)30)22-33-18-5-2-6-19-33/h3-4,8-9,13-16,20-21,23,30H,2,5-7,10-12,17-19,22H2,1H3,(H,32,34)/t23-,30?/m0/s1. The van der Waals surface area contributed by atoms with Crippen molar-refractivity contribution in [1.82, 2.24) is 10.2 Å². The van der Waals surface area contributed by atoms with Gasteiger partial charge in [0.25, 0.3) is 0 Å². The first-order chi connectivity index (χ1) is 17.9. The lowest BCUT2D eigenvalue weighted by Gasteiger charge is -2.29. The molecule has 1 unspecified atom stereocenters. The minimum atomic E-state index is -3.51. The molecule has 1 heterocycles. The third kappa shape index (κ3) is 6.07. The number of fused-ring (bicyclic) bond motifs is 2. The Morgan fingerprint density at radius 1 is 0.973 bits per heavy atom. The first-order valence-electron chi connectivity index (χ1n) is 13.8. The molecular weight excluding hydrogens is 480 g/mol. The Morgan fingerprint density at radius 2 is 1.76 bits per heavy atom. The maximum Gasteiger partial charge on any atom is 0.220 e. The lowest BCUT2D eigenvalue weighted by molar-refractivity contribution is -0.122. The van der Waals surface area contributed by atoms with Gasteiger partial charge >= 0.3 is 0 Å². The summed E-state index contributed by atoms with van der Waals surface area (Å²) >= 11 is 0. The Hall–Kier alpha value is -2.70. The van der Waals surface area contributed by atoms with Crippen LogP contribution < -0.4 is 5.32 Å². The molecule has 0 bridgehead atoms. The van der Waals surface area contributed by atoms with Crippen LogP contribution in [0.25, 0.3) is 10.8 Å². The van der Waals surface area contributed by atoms with Gasteiger partial charge in [-0.2, -0.15) is 0 Å². The molecule has 2 aliphatic rings. The Bertz CT molecular complexity index is 1360. The second kappa shape index (κ2) is 11.4. The van der Waals surface area contributed by atoms with Gasteiger partial charge in [-0.15, -0.1) is 0 Å². The second-order valence-corrected chi connectivity index (χ2v) is 13.2. The number of benzene rings is 3. The van der Waals surface area contributed by atoms with Crippen LogP contribution in [0.1, 0.15) is 74.6 Å². The average molecular weight is 519 g/mol. The van der Waals surface area contributed by atoms with Crippen LogP contribution in [0.3, 0.4) is 0 Å². The van der Waals surface area contributed by atoms with Crippen LogP contribution in [0.5, 0.6) is 0 Å². The summed E-state index contributed by atoms with van der Waals surface area (Å²) in [6, 6.07) is 19.8. The number of hydrogen-bond acceptors (Lipinski definition) is 4. The maximum absolute atomic E-state index is 13.2. The van der Waals surface area contributed by atoms with E-state index in [0.29, 0.717) is 11.3 Å². The van der Waals surface area contributed by atoms with E-state index in [1.54, 1.807) is 19.1 Å². The number of rotatable bonds is 8. The molecule has 37 heavy (non-hydrogen) atoms. The molecule has 6 heteroatoms. The van der Waals surface area contributed by atoms with Crippen molar-refractivity contribution < 1.29 is 13.2 Å². The fourth-order valence-electron chi connectivity index (χ4n) is 5.82. The molecule has 1 aliphatic heterocycles. The van der Waals surface area contributed by atoms with E-state index in [4.69, 9.17) is 0 Å². The van der Waals surface area contributed by atoms with E-state index in [-0.39, 0.29) is 18.4 Å². The normalized spacial score (nSPS) is 19.3. The summed E-state index contributed by atoms with van der Waals surface area (Å²) in [7, 11) is -3.51. The first-order valence-corrected chi connectivity index (χ1v) is 15.3. The Labute approximate surface area is 221 Å². The molecule has 3 aromatic carbocycles. The van der Waals surface area contributed by atoms with Crippen LogP contribution in [0.4, 0.5) is 0 Å².